The van der Waals surface area contributed by atoms with E-state index in [0.717, 1.165) is 10.2 Å². The number of carbonyl (C=O) groups excluding carboxylic acids is 1. The van der Waals surface area contributed by atoms with Gasteiger partial charge in [0.05, 0.1) is 23.0 Å². The molecule has 0 radical (unpaired) electrons. The molecule has 0 bridgehead atoms. The topological polar surface area (TPSA) is 76.4 Å². The SMILES string of the molecule is CNC(=O)c1ccc(N)c(Nc2ccc(Br)c(OC)c2)c1. The van der Waals surface area contributed by atoms with Crippen LogP contribution in [0.15, 0.2) is 40.9 Å². The molecule has 0 unspecified atom stereocenters. The summed E-state index contributed by atoms with van der Waals surface area (Å²) >= 11 is 3.40. The average Bonchev–Trinajstić information content (AvgIpc) is 2.50. The summed E-state index contributed by atoms with van der Waals surface area (Å²) in [4.78, 5) is 11.7. The summed E-state index contributed by atoms with van der Waals surface area (Å²) in [6.45, 7) is 0. The molecule has 0 aliphatic heterocycles. The Morgan fingerprint density at radius 3 is 2.67 bits per heavy atom. The van der Waals surface area contributed by atoms with E-state index in [4.69, 9.17) is 10.5 Å². The lowest BCUT2D eigenvalue weighted by molar-refractivity contribution is 0.0963. The van der Waals surface area contributed by atoms with E-state index in [1.54, 1.807) is 32.4 Å². The molecule has 0 saturated carbocycles. The molecule has 4 N–H and O–H groups in total. The molecule has 2 aromatic carbocycles. The Labute approximate surface area is 131 Å². The number of amides is 1. The molecule has 6 heteroatoms. The summed E-state index contributed by atoms with van der Waals surface area (Å²) in [6, 6.07) is 10.7. The number of ether oxygens (including phenoxy) is 1. The molecule has 21 heavy (non-hydrogen) atoms. The van der Waals surface area contributed by atoms with E-state index in [0.29, 0.717) is 22.7 Å². The van der Waals surface area contributed by atoms with Crippen molar-refractivity contribution < 1.29 is 9.53 Å². The number of nitrogens with two attached hydrogens (primary N) is 1. The molecule has 0 atom stereocenters. The lowest BCUT2D eigenvalue weighted by atomic mass is 10.1. The maximum absolute atomic E-state index is 11.7. The van der Waals surface area contributed by atoms with Gasteiger partial charge in [-0.1, -0.05) is 0 Å². The first-order valence-corrected chi connectivity index (χ1v) is 7.06. The van der Waals surface area contributed by atoms with E-state index in [2.05, 4.69) is 26.6 Å². The van der Waals surface area contributed by atoms with Crippen molar-refractivity contribution in [2.75, 3.05) is 25.2 Å². The Kier molecular flexibility index (Phi) is 4.70. The third kappa shape index (κ3) is 3.46. The molecule has 110 valence electrons. The highest BCUT2D eigenvalue weighted by molar-refractivity contribution is 9.10. The summed E-state index contributed by atoms with van der Waals surface area (Å²) in [5, 5.41) is 5.77. The molecule has 0 heterocycles. The number of hydrogen-bond donors (Lipinski definition) is 3. The van der Waals surface area contributed by atoms with Crippen LogP contribution in [0.2, 0.25) is 0 Å². The first-order chi connectivity index (χ1) is 10.0. The Morgan fingerprint density at radius 1 is 1.24 bits per heavy atom. The lowest BCUT2D eigenvalue weighted by Crippen LogP contribution is -2.17. The van der Waals surface area contributed by atoms with Gasteiger partial charge >= 0.3 is 0 Å². The minimum absolute atomic E-state index is 0.161. The Balaban J connectivity index is 2.32. The monoisotopic (exact) mass is 349 g/mol. The number of anilines is 3. The van der Waals surface area contributed by atoms with Crippen LogP contribution in [0.1, 0.15) is 10.4 Å². The van der Waals surface area contributed by atoms with Crippen molar-refractivity contribution in [3.05, 3.63) is 46.4 Å². The van der Waals surface area contributed by atoms with Gasteiger partial charge in [0, 0.05) is 24.4 Å². The van der Waals surface area contributed by atoms with Crippen LogP contribution in [0.3, 0.4) is 0 Å². The zero-order valence-electron chi connectivity index (χ0n) is 11.7. The van der Waals surface area contributed by atoms with E-state index in [1.807, 2.05) is 18.2 Å². The number of halogens is 1. The quantitative estimate of drug-likeness (QED) is 0.741. The van der Waals surface area contributed by atoms with Crippen LogP contribution < -0.4 is 21.1 Å². The molecule has 0 aliphatic carbocycles. The third-order valence-corrected chi connectivity index (χ3v) is 3.63. The number of hydrogen-bond acceptors (Lipinski definition) is 4. The van der Waals surface area contributed by atoms with Gasteiger partial charge in [-0.25, -0.2) is 0 Å². The smallest absolute Gasteiger partial charge is 0.251 e. The number of rotatable bonds is 4. The van der Waals surface area contributed by atoms with Crippen molar-refractivity contribution in [2.24, 2.45) is 0 Å². The van der Waals surface area contributed by atoms with Crippen molar-refractivity contribution >= 4 is 38.9 Å². The van der Waals surface area contributed by atoms with Crippen LogP contribution in [-0.4, -0.2) is 20.1 Å². The van der Waals surface area contributed by atoms with Crippen LogP contribution in [0.25, 0.3) is 0 Å². The Hall–Kier alpha value is -2.21. The molecule has 2 aromatic rings. The van der Waals surface area contributed by atoms with E-state index in [-0.39, 0.29) is 5.91 Å². The van der Waals surface area contributed by atoms with Gasteiger partial charge in [-0.3, -0.25) is 4.79 Å². The average molecular weight is 350 g/mol. The second-order valence-corrected chi connectivity index (χ2v) is 5.21. The fourth-order valence-corrected chi connectivity index (χ4v) is 2.25. The van der Waals surface area contributed by atoms with Crippen molar-refractivity contribution in [3.63, 3.8) is 0 Å². The number of methoxy groups -OCH3 is 1. The highest BCUT2D eigenvalue weighted by atomic mass is 79.9. The number of nitrogen functional groups attached to an aromatic ring is 1. The van der Waals surface area contributed by atoms with Gasteiger partial charge in [0.25, 0.3) is 5.91 Å². The predicted octanol–water partition coefficient (Wildman–Crippen LogP) is 3.14. The molecule has 5 nitrogen and oxygen atoms in total. The van der Waals surface area contributed by atoms with Crippen LogP contribution in [0.5, 0.6) is 5.75 Å². The molecular weight excluding hydrogens is 334 g/mol. The van der Waals surface area contributed by atoms with Crippen molar-refractivity contribution in [2.45, 2.75) is 0 Å². The largest absolute Gasteiger partial charge is 0.495 e. The normalized spacial score (nSPS) is 10.0. The van der Waals surface area contributed by atoms with Gasteiger partial charge in [-0.2, -0.15) is 0 Å². The summed E-state index contributed by atoms with van der Waals surface area (Å²) in [5.41, 5.74) is 8.53. The summed E-state index contributed by atoms with van der Waals surface area (Å²) < 4.78 is 6.11. The van der Waals surface area contributed by atoms with Crippen molar-refractivity contribution in [3.8, 4) is 5.75 Å². The molecule has 0 aliphatic rings. The fourth-order valence-electron chi connectivity index (χ4n) is 1.84. The molecular formula is C15H16BrN3O2. The van der Waals surface area contributed by atoms with E-state index in [1.165, 1.54) is 0 Å². The molecule has 0 spiro atoms. The molecule has 2 rings (SSSR count). The van der Waals surface area contributed by atoms with Crippen LogP contribution in [0.4, 0.5) is 17.1 Å². The summed E-state index contributed by atoms with van der Waals surface area (Å²) in [6.07, 6.45) is 0. The van der Waals surface area contributed by atoms with Crippen LogP contribution in [0, 0.1) is 0 Å². The Bertz CT molecular complexity index is 674. The standard InChI is InChI=1S/C15H16BrN3O2/c1-18-15(20)9-3-6-12(17)13(7-9)19-10-4-5-11(16)14(8-10)21-2/h3-8,19H,17H2,1-2H3,(H,18,20). The van der Waals surface area contributed by atoms with E-state index < -0.39 is 0 Å². The van der Waals surface area contributed by atoms with Gasteiger partial charge in [0.15, 0.2) is 0 Å². The van der Waals surface area contributed by atoms with Crippen molar-refractivity contribution in [1.82, 2.24) is 5.32 Å². The predicted molar refractivity (Wildman–Crippen MR) is 88.2 cm³/mol. The van der Waals surface area contributed by atoms with Gasteiger partial charge in [-0.15, -0.1) is 0 Å². The maximum Gasteiger partial charge on any atom is 0.251 e. The molecule has 0 aromatic heterocycles. The number of benzene rings is 2. The van der Waals surface area contributed by atoms with Crippen LogP contribution >= 0.6 is 15.9 Å². The molecule has 1 amide bonds. The fraction of sp³-hybridized carbons (Fsp3) is 0.133. The van der Waals surface area contributed by atoms with Gasteiger partial charge in [-0.05, 0) is 46.3 Å². The molecule has 0 saturated heterocycles. The second-order valence-electron chi connectivity index (χ2n) is 4.36. The second kappa shape index (κ2) is 6.49. The van der Waals surface area contributed by atoms with Gasteiger partial charge < -0.3 is 21.1 Å². The van der Waals surface area contributed by atoms with Gasteiger partial charge in [0.2, 0.25) is 0 Å². The minimum atomic E-state index is -0.161. The zero-order chi connectivity index (χ0) is 15.4. The molecule has 0 fully saturated rings. The summed E-state index contributed by atoms with van der Waals surface area (Å²) in [7, 11) is 3.19. The Morgan fingerprint density at radius 2 is 2.00 bits per heavy atom. The number of nitrogens with one attached hydrogen (secondary N) is 2. The number of carbonyl (C=O) groups is 1. The lowest BCUT2D eigenvalue weighted by Gasteiger charge is -2.12. The summed E-state index contributed by atoms with van der Waals surface area (Å²) in [5.74, 6) is 0.549. The zero-order valence-corrected chi connectivity index (χ0v) is 13.3. The third-order valence-electron chi connectivity index (χ3n) is 2.97. The van der Waals surface area contributed by atoms with E-state index >= 15 is 0 Å². The van der Waals surface area contributed by atoms with Crippen LogP contribution in [-0.2, 0) is 0 Å². The maximum atomic E-state index is 11.7. The van der Waals surface area contributed by atoms with Gasteiger partial charge in [0.1, 0.15) is 5.75 Å². The minimum Gasteiger partial charge on any atom is -0.495 e. The highest BCUT2D eigenvalue weighted by Gasteiger charge is 2.08. The first kappa shape index (κ1) is 15.2. The van der Waals surface area contributed by atoms with Crippen molar-refractivity contribution in [1.29, 1.82) is 0 Å². The highest BCUT2D eigenvalue weighted by Crippen LogP contribution is 2.31. The van der Waals surface area contributed by atoms with E-state index in [9.17, 15) is 4.79 Å². The first-order valence-electron chi connectivity index (χ1n) is 6.27.